The van der Waals surface area contributed by atoms with Crippen LogP contribution in [-0.4, -0.2) is 41.5 Å². The van der Waals surface area contributed by atoms with Gasteiger partial charge in [0.05, 0.1) is 24.5 Å². The second-order valence-electron chi connectivity index (χ2n) is 3.48. The summed E-state index contributed by atoms with van der Waals surface area (Å²) in [5, 5.41) is 17.6. The fourth-order valence-corrected chi connectivity index (χ4v) is 1.17. The zero-order valence-corrected chi connectivity index (χ0v) is 9.61. The van der Waals surface area contributed by atoms with E-state index < -0.39 is 25.3 Å². The molecule has 7 nitrogen and oxygen atoms in total. The van der Waals surface area contributed by atoms with Crippen molar-refractivity contribution in [3.05, 3.63) is 29.8 Å². The number of hydrogen-bond acceptors (Lipinski definition) is 5. The summed E-state index contributed by atoms with van der Waals surface area (Å²) in [4.78, 5) is 15.4. The van der Waals surface area contributed by atoms with E-state index in [-0.39, 0.29) is 11.5 Å². The Morgan fingerprint density at radius 2 is 1.78 bits per heavy atom. The number of carbonyl (C=O) groups excluding carboxylic acids is 1. The molecule has 0 amide bonds. The average Bonchev–Trinajstić information content (AvgIpc) is 2.35. The zero-order valence-electron chi connectivity index (χ0n) is 9.61. The van der Waals surface area contributed by atoms with E-state index in [4.69, 9.17) is 26.4 Å². The number of benzene rings is 1. The highest BCUT2D eigenvalue weighted by Crippen LogP contribution is 2.13. The molecule has 0 spiro atoms. The predicted molar refractivity (Wildman–Crippen MR) is 65.3 cm³/mol. The van der Waals surface area contributed by atoms with Gasteiger partial charge in [-0.05, 0) is 24.3 Å². The molecule has 7 heteroatoms. The first-order valence-electron chi connectivity index (χ1n) is 5.19. The van der Waals surface area contributed by atoms with Crippen LogP contribution in [0.2, 0.25) is 0 Å². The summed E-state index contributed by atoms with van der Waals surface area (Å²) in [5.74, 6) is -0.717. The molecule has 0 saturated heterocycles. The van der Waals surface area contributed by atoms with Gasteiger partial charge in [0.1, 0.15) is 6.10 Å². The van der Waals surface area contributed by atoms with Crippen molar-refractivity contribution in [1.29, 1.82) is 0 Å². The van der Waals surface area contributed by atoms with Gasteiger partial charge in [-0.25, -0.2) is 9.79 Å². The fourth-order valence-electron chi connectivity index (χ4n) is 1.17. The second kappa shape index (κ2) is 6.58. The molecule has 0 saturated carbocycles. The number of aliphatic hydroxyl groups excluding tert-OH is 2. The minimum Gasteiger partial charge on any atom is -0.454 e. The van der Waals surface area contributed by atoms with Gasteiger partial charge in [0.25, 0.3) is 0 Å². The molecule has 0 aliphatic carbocycles. The van der Waals surface area contributed by atoms with E-state index in [1.54, 1.807) is 12.1 Å². The number of aliphatic hydroxyl groups is 2. The minimum atomic E-state index is -0.921. The second-order valence-corrected chi connectivity index (χ2v) is 3.48. The Morgan fingerprint density at radius 3 is 2.22 bits per heavy atom. The number of guanidine groups is 1. The quantitative estimate of drug-likeness (QED) is 0.305. The first-order valence-corrected chi connectivity index (χ1v) is 5.19. The Balaban J connectivity index is 2.73. The third kappa shape index (κ3) is 4.04. The molecular weight excluding hydrogens is 238 g/mol. The number of nitrogens with zero attached hydrogens (tertiary/aromatic N) is 1. The van der Waals surface area contributed by atoms with E-state index in [2.05, 4.69) is 4.99 Å². The van der Waals surface area contributed by atoms with Crippen LogP contribution in [0, 0.1) is 0 Å². The van der Waals surface area contributed by atoms with Crippen LogP contribution >= 0.6 is 0 Å². The Bertz CT molecular complexity index is 422. The van der Waals surface area contributed by atoms with Gasteiger partial charge in [0, 0.05) is 0 Å². The normalized spacial score (nSPS) is 10.2. The van der Waals surface area contributed by atoms with Crippen LogP contribution in [0.4, 0.5) is 5.69 Å². The number of aliphatic imine (C=N–C) groups is 1. The van der Waals surface area contributed by atoms with Crippen LogP contribution in [0.3, 0.4) is 0 Å². The first-order chi connectivity index (χ1) is 8.56. The fraction of sp³-hybridized carbons (Fsp3) is 0.273. The van der Waals surface area contributed by atoms with Crippen LogP contribution in [0.15, 0.2) is 29.3 Å². The summed E-state index contributed by atoms with van der Waals surface area (Å²) in [7, 11) is 0. The standard InChI is InChI=1S/C11H15N3O4/c12-11(13)14-8-3-1-7(2-4-8)10(17)18-9(5-15)6-16/h1-4,9,15-16H,5-6H2,(H4,12,13,14). The first kappa shape index (κ1) is 13.9. The molecule has 0 aromatic heterocycles. The number of nitrogens with two attached hydrogens (primary N) is 2. The van der Waals surface area contributed by atoms with Crippen LogP contribution < -0.4 is 11.5 Å². The molecule has 0 unspecified atom stereocenters. The van der Waals surface area contributed by atoms with Gasteiger partial charge in [-0.1, -0.05) is 0 Å². The van der Waals surface area contributed by atoms with Crippen molar-refractivity contribution in [3.8, 4) is 0 Å². The Morgan fingerprint density at radius 1 is 1.22 bits per heavy atom. The lowest BCUT2D eigenvalue weighted by atomic mass is 10.2. The van der Waals surface area contributed by atoms with Gasteiger partial charge in [-0.2, -0.15) is 0 Å². The molecule has 1 aromatic rings. The molecule has 6 N–H and O–H groups in total. The third-order valence-corrected chi connectivity index (χ3v) is 2.04. The molecule has 0 atom stereocenters. The van der Waals surface area contributed by atoms with Crippen molar-refractivity contribution < 1.29 is 19.7 Å². The highest BCUT2D eigenvalue weighted by Gasteiger charge is 2.14. The van der Waals surface area contributed by atoms with Crippen LogP contribution in [0.5, 0.6) is 0 Å². The molecule has 0 bridgehead atoms. The van der Waals surface area contributed by atoms with Crippen molar-refractivity contribution in [2.75, 3.05) is 13.2 Å². The van der Waals surface area contributed by atoms with Crippen molar-refractivity contribution in [3.63, 3.8) is 0 Å². The number of carbonyl (C=O) groups is 1. The van der Waals surface area contributed by atoms with E-state index >= 15 is 0 Å². The van der Waals surface area contributed by atoms with E-state index in [0.717, 1.165) is 0 Å². The molecule has 0 fully saturated rings. The number of esters is 1. The molecule has 1 aromatic carbocycles. The Labute approximate surface area is 104 Å². The number of ether oxygens (including phenoxy) is 1. The van der Waals surface area contributed by atoms with Crippen LogP contribution in [0.1, 0.15) is 10.4 Å². The maximum atomic E-state index is 11.6. The van der Waals surface area contributed by atoms with Gasteiger partial charge in [-0.3, -0.25) is 0 Å². The largest absolute Gasteiger partial charge is 0.454 e. The van der Waals surface area contributed by atoms with Crippen molar-refractivity contribution >= 4 is 17.6 Å². The highest BCUT2D eigenvalue weighted by molar-refractivity contribution is 5.90. The summed E-state index contributed by atoms with van der Waals surface area (Å²) < 4.78 is 4.83. The molecular formula is C11H15N3O4. The molecule has 0 aliphatic heterocycles. The van der Waals surface area contributed by atoms with Crippen LogP contribution in [0.25, 0.3) is 0 Å². The maximum absolute atomic E-state index is 11.6. The summed E-state index contributed by atoms with van der Waals surface area (Å²) >= 11 is 0. The average molecular weight is 253 g/mol. The third-order valence-electron chi connectivity index (χ3n) is 2.04. The Hall–Kier alpha value is -2.12. The lowest BCUT2D eigenvalue weighted by molar-refractivity contribution is -0.00544. The molecule has 18 heavy (non-hydrogen) atoms. The number of rotatable bonds is 5. The zero-order chi connectivity index (χ0) is 13.5. The van der Waals surface area contributed by atoms with Gasteiger partial charge in [-0.15, -0.1) is 0 Å². The summed E-state index contributed by atoms with van der Waals surface area (Å²) in [6.07, 6.45) is -0.921. The summed E-state index contributed by atoms with van der Waals surface area (Å²) in [6, 6.07) is 6.05. The van der Waals surface area contributed by atoms with E-state index in [9.17, 15) is 4.79 Å². The SMILES string of the molecule is NC(N)=Nc1ccc(C(=O)OC(CO)CO)cc1. The van der Waals surface area contributed by atoms with E-state index in [1.807, 2.05) is 0 Å². The summed E-state index contributed by atoms with van der Waals surface area (Å²) in [6.45, 7) is -0.872. The number of hydrogen-bond donors (Lipinski definition) is 4. The monoisotopic (exact) mass is 253 g/mol. The van der Waals surface area contributed by atoms with Gasteiger partial charge >= 0.3 is 5.97 Å². The molecule has 1 rings (SSSR count). The maximum Gasteiger partial charge on any atom is 0.338 e. The van der Waals surface area contributed by atoms with Crippen molar-refractivity contribution in [1.82, 2.24) is 0 Å². The van der Waals surface area contributed by atoms with Crippen LogP contribution in [-0.2, 0) is 4.74 Å². The van der Waals surface area contributed by atoms with Gasteiger partial charge in [0.2, 0.25) is 0 Å². The smallest absolute Gasteiger partial charge is 0.338 e. The van der Waals surface area contributed by atoms with Crippen molar-refractivity contribution in [2.24, 2.45) is 16.5 Å². The highest BCUT2D eigenvalue weighted by atomic mass is 16.6. The van der Waals surface area contributed by atoms with Gasteiger partial charge in [0.15, 0.2) is 5.96 Å². The molecule has 98 valence electrons. The van der Waals surface area contributed by atoms with Gasteiger partial charge < -0.3 is 26.4 Å². The minimum absolute atomic E-state index is 0.0778. The summed E-state index contributed by atoms with van der Waals surface area (Å²) in [5.41, 5.74) is 11.2. The molecule has 0 heterocycles. The van der Waals surface area contributed by atoms with Crippen molar-refractivity contribution in [2.45, 2.75) is 6.10 Å². The molecule has 0 radical (unpaired) electrons. The molecule has 0 aliphatic rings. The van der Waals surface area contributed by atoms with E-state index in [1.165, 1.54) is 12.1 Å². The lowest BCUT2D eigenvalue weighted by Crippen LogP contribution is -2.25. The predicted octanol–water partition coefficient (Wildman–Crippen LogP) is -0.899. The Kier molecular flexibility index (Phi) is 5.09. The lowest BCUT2D eigenvalue weighted by Gasteiger charge is -2.12. The van der Waals surface area contributed by atoms with E-state index in [0.29, 0.717) is 5.69 Å². The topological polar surface area (TPSA) is 131 Å².